The molecule has 0 fully saturated rings. The molecule has 1 aliphatic rings. The van der Waals surface area contributed by atoms with E-state index in [1.54, 1.807) is 22.8 Å². The first-order valence-corrected chi connectivity index (χ1v) is 16.1. The molecule has 7 heteroatoms. The molecule has 238 valence electrons. The van der Waals surface area contributed by atoms with Crippen LogP contribution in [0.1, 0.15) is 63.6 Å². The van der Waals surface area contributed by atoms with Crippen LogP contribution >= 0.6 is 0 Å². The molecule has 6 rings (SSSR count). The van der Waals surface area contributed by atoms with Gasteiger partial charge in [-0.25, -0.2) is 0 Å². The number of nitrogens with zero attached hydrogens (tertiary/aromatic N) is 3. The molecule has 0 aliphatic carbocycles. The number of carbonyl (C=O) groups is 3. The molecule has 0 radical (unpaired) electrons. The lowest BCUT2D eigenvalue weighted by molar-refractivity contribution is -0.145. The summed E-state index contributed by atoms with van der Waals surface area (Å²) < 4.78 is 5.40. The Balaban J connectivity index is 1.53. The second-order valence-corrected chi connectivity index (χ2v) is 11.6. The summed E-state index contributed by atoms with van der Waals surface area (Å²) in [5, 5.41) is 9.36. The molecule has 0 aromatic heterocycles. The third kappa shape index (κ3) is 6.74. The topological polar surface area (TPSA) is 90.7 Å². The summed E-state index contributed by atoms with van der Waals surface area (Å²) in [6.07, 6.45) is 1.15. The number of aryl methyl sites for hydroxylation is 2. The lowest BCUT2D eigenvalue weighted by Crippen LogP contribution is -2.43. The normalized spacial score (nSPS) is 14.9. The van der Waals surface area contributed by atoms with Crippen LogP contribution in [-0.4, -0.2) is 29.3 Å². The number of hydrogen-bond donors (Lipinski definition) is 0. The van der Waals surface area contributed by atoms with Crippen molar-refractivity contribution < 1.29 is 19.1 Å². The lowest BCUT2D eigenvalue weighted by atomic mass is 9.95. The molecule has 0 N–H and O–H groups in total. The van der Waals surface area contributed by atoms with Crippen LogP contribution in [0.25, 0.3) is 0 Å². The maximum absolute atomic E-state index is 15.2. The van der Waals surface area contributed by atoms with Crippen molar-refractivity contribution in [1.29, 1.82) is 5.26 Å². The second-order valence-electron chi connectivity index (χ2n) is 11.6. The van der Waals surface area contributed by atoms with E-state index in [1.807, 2.05) is 127 Å². The van der Waals surface area contributed by atoms with Gasteiger partial charge in [0.05, 0.1) is 42.0 Å². The van der Waals surface area contributed by atoms with Crippen molar-refractivity contribution in [1.82, 2.24) is 4.90 Å². The maximum Gasteiger partial charge on any atom is 0.308 e. The van der Waals surface area contributed by atoms with Crippen LogP contribution in [0.15, 0.2) is 133 Å². The molecule has 2 amide bonds. The highest BCUT2D eigenvalue weighted by Gasteiger charge is 2.45. The number of fused-ring (bicyclic) bond motifs is 1. The molecule has 5 aromatic rings. The van der Waals surface area contributed by atoms with Gasteiger partial charge >= 0.3 is 5.97 Å². The fourth-order valence-electron chi connectivity index (χ4n) is 6.34. The standard InChI is InChI=1S/C41H35N3O4/c1-2-48-38(45)27-37(32-15-6-3-7-16-32)44-39(33-17-8-4-9-18-33)41(47)43(34-19-10-5-11-20-34)36-24-23-30(26-35(36)40(44)46)22-21-29-13-12-14-31(25-29)28-42/h3-20,23-26,37,39H,2,21-22,27H2,1H3. The predicted molar refractivity (Wildman–Crippen MR) is 184 cm³/mol. The average molecular weight is 634 g/mol. The maximum atomic E-state index is 15.2. The average Bonchev–Trinajstić information content (AvgIpc) is 3.22. The molecule has 7 nitrogen and oxygen atoms in total. The van der Waals surface area contributed by atoms with E-state index in [-0.39, 0.29) is 24.8 Å². The van der Waals surface area contributed by atoms with E-state index in [1.165, 1.54) is 0 Å². The molecule has 48 heavy (non-hydrogen) atoms. The van der Waals surface area contributed by atoms with Gasteiger partial charge in [-0.15, -0.1) is 0 Å². The van der Waals surface area contributed by atoms with E-state index in [4.69, 9.17) is 4.74 Å². The van der Waals surface area contributed by atoms with Gasteiger partial charge < -0.3 is 9.64 Å². The molecular formula is C41H35N3O4. The quantitative estimate of drug-likeness (QED) is 0.146. The predicted octanol–water partition coefficient (Wildman–Crippen LogP) is 7.90. The zero-order chi connectivity index (χ0) is 33.5. The van der Waals surface area contributed by atoms with Crippen LogP contribution in [0.2, 0.25) is 0 Å². The number of amides is 2. The fourth-order valence-corrected chi connectivity index (χ4v) is 6.34. The molecule has 2 unspecified atom stereocenters. The third-order valence-corrected chi connectivity index (χ3v) is 8.57. The Morgan fingerprint density at radius 1 is 0.792 bits per heavy atom. The third-order valence-electron chi connectivity index (χ3n) is 8.57. The summed E-state index contributed by atoms with van der Waals surface area (Å²) in [6, 6.07) is 41.4. The smallest absolute Gasteiger partial charge is 0.308 e. The van der Waals surface area contributed by atoms with E-state index < -0.39 is 18.1 Å². The molecule has 1 heterocycles. The Kier molecular flexibility index (Phi) is 9.73. The summed E-state index contributed by atoms with van der Waals surface area (Å²) in [6.45, 7) is 1.94. The molecule has 0 saturated heterocycles. The summed E-state index contributed by atoms with van der Waals surface area (Å²) in [5.74, 6) is -1.14. The van der Waals surface area contributed by atoms with Crippen molar-refractivity contribution in [2.24, 2.45) is 0 Å². The Morgan fingerprint density at radius 3 is 2.10 bits per heavy atom. The van der Waals surface area contributed by atoms with Crippen molar-refractivity contribution in [2.75, 3.05) is 11.5 Å². The van der Waals surface area contributed by atoms with Gasteiger partial charge in [-0.1, -0.05) is 97.1 Å². The van der Waals surface area contributed by atoms with Gasteiger partial charge in [0.2, 0.25) is 0 Å². The highest BCUT2D eigenvalue weighted by Crippen LogP contribution is 2.43. The van der Waals surface area contributed by atoms with Crippen LogP contribution in [0.5, 0.6) is 0 Å². The summed E-state index contributed by atoms with van der Waals surface area (Å²) >= 11 is 0. The molecule has 0 bridgehead atoms. The van der Waals surface area contributed by atoms with Crippen LogP contribution in [0.4, 0.5) is 11.4 Å². The molecule has 1 aliphatic heterocycles. The molecule has 5 aromatic carbocycles. The van der Waals surface area contributed by atoms with Gasteiger partial charge in [-0.05, 0) is 78.4 Å². The van der Waals surface area contributed by atoms with Gasteiger partial charge in [-0.2, -0.15) is 5.26 Å². The van der Waals surface area contributed by atoms with Crippen LogP contribution in [0.3, 0.4) is 0 Å². The van der Waals surface area contributed by atoms with E-state index >= 15 is 9.59 Å². The van der Waals surface area contributed by atoms with Crippen molar-refractivity contribution in [3.63, 3.8) is 0 Å². The second kappa shape index (κ2) is 14.6. The summed E-state index contributed by atoms with van der Waals surface area (Å²) in [7, 11) is 0. The van der Waals surface area contributed by atoms with Crippen LogP contribution < -0.4 is 4.90 Å². The number of ether oxygens (including phenoxy) is 1. The number of benzene rings is 5. The van der Waals surface area contributed by atoms with Crippen LogP contribution in [-0.2, 0) is 27.2 Å². The van der Waals surface area contributed by atoms with Gasteiger partial charge in [-0.3, -0.25) is 19.3 Å². The number of anilines is 2. The van der Waals surface area contributed by atoms with Crippen molar-refractivity contribution in [3.05, 3.63) is 167 Å². The fraction of sp³-hybridized carbons (Fsp3) is 0.171. The Labute approximate surface area is 280 Å². The minimum Gasteiger partial charge on any atom is -0.466 e. The van der Waals surface area contributed by atoms with Crippen molar-refractivity contribution in [2.45, 2.75) is 38.3 Å². The minimum atomic E-state index is -1.05. The molecule has 2 atom stereocenters. The first-order valence-electron chi connectivity index (χ1n) is 16.1. The monoisotopic (exact) mass is 633 g/mol. The summed E-state index contributed by atoms with van der Waals surface area (Å²) in [4.78, 5) is 46.6. The number of rotatable bonds is 10. The van der Waals surface area contributed by atoms with E-state index in [0.717, 1.165) is 16.7 Å². The van der Waals surface area contributed by atoms with Gasteiger partial charge in [0, 0.05) is 5.69 Å². The number of para-hydroxylation sites is 1. The first kappa shape index (κ1) is 32.0. The largest absolute Gasteiger partial charge is 0.466 e. The Morgan fingerprint density at radius 2 is 1.44 bits per heavy atom. The highest BCUT2D eigenvalue weighted by molar-refractivity contribution is 6.14. The van der Waals surface area contributed by atoms with Crippen molar-refractivity contribution in [3.8, 4) is 6.07 Å². The number of carbonyl (C=O) groups excluding carboxylic acids is 3. The SMILES string of the molecule is CCOC(=O)CC(c1ccccc1)N1C(=O)c2cc(CCc3cccc(C#N)c3)ccc2N(c2ccccc2)C(=O)C1c1ccccc1. The molecular weight excluding hydrogens is 598 g/mol. The van der Waals surface area contributed by atoms with E-state index in [9.17, 15) is 10.1 Å². The van der Waals surface area contributed by atoms with E-state index in [2.05, 4.69) is 6.07 Å². The Bertz CT molecular complexity index is 1950. The zero-order valence-electron chi connectivity index (χ0n) is 26.7. The number of hydrogen-bond acceptors (Lipinski definition) is 5. The van der Waals surface area contributed by atoms with Crippen LogP contribution in [0, 0.1) is 11.3 Å². The molecule has 0 spiro atoms. The zero-order valence-corrected chi connectivity index (χ0v) is 26.7. The lowest BCUT2D eigenvalue weighted by Gasteiger charge is -2.37. The first-order chi connectivity index (χ1) is 23.5. The Hall–Kier alpha value is -6.00. The van der Waals surface area contributed by atoms with Gasteiger partial charge in [0.15, 0.2) is 0 Å². The van der Waals surface area contributed by atoms with E-state index in [0.29, 0.717) is 40.9 Å². The minimum absolute atomic E-state index is 0.129. The van der Waals surface area contributed by atoms with Gasteiger partial charge in [0.1, 0.15) is 6.04 Å². The molecule has 0 saturated carbocycles. The number of esters is 1. The summed E-state index contributed by atoms with van der Waals surface area (Å²) in [5.41, 5.74) is 5.32. The van der Waals surface area contributed by atoms with Gasteiger partial charge in [0.25, 0.3) is 11.8 Å². The van der Waals surface area contributed by atoms with Crippen molar-refractivity contribution >= 4 is 29.2 Å². The number of nitriles is 1. The highest BCUT2D eigenvalue weighted by atomic mass is 16.5.